The number of unbranched alkanes of at least 4 members (excludes halogenated alkanes) is 8. The van der Waals surface area contributed by atoms with Gasteiger partial charge in [-0.05, 0) is 39.5 Å². The summed E-state index contributed by atoms with van der Waals surface area (Å²) in [4.78, 5) is 13.1. The van der Waals surface area contributed by atoms with Crippen molar-refractivity contribution in [2.24, 2.45) is 0 Å². The Morgan fingerprint density at radius 1 is 0.846 bits per heavy atom. The monoisotopic (exact) mass is 389 g/mol. The van der Waals surface area contributed by atoms with Crippen molar-refractivity contribution >= 4 is 5.97 Å². The summed E-state index contributed by atoms with van der Waals surface area (Å²) in [7, 11) is 0. The van der Waals surface area contributed by atoms with Crippen molar-refractivity contribution in [3.63, 3.8) is 0 Å². The van der Waals surface area contributed by atoms with E-state index in [-0.39, 0.29) is 70.0 Å². The van der Waals surface area contributed by atoms with Crippen LogP contribution < -0.4 is 56.5 Å². The van der Waals surface area contributed by atoms with Crippen molar-refractivity contribution in [2.45, 2.75) is 104 Å². The Balaban J connectivity index is 0. The van der Waals surface area contributed by atoms with Crippen LogP contribution in [-0.4, -0.2) is 29.5 Å². The van der Waals surface area contributed by atoms with Crippen molar-refractivity contribution in [3.05, 3.63) is 24.3 Å². The van der Waals surface area contributed by atoms with E-state index in [2.05, 4.69) is 52.0 Å². The fourth-order valence-corrected chi connectivity index (χ4v) is 2.99. The Bertz CT molecular complexity index is 354. The molecule has 0 rings (SSSR count). The number of carboxylic acid groups (broad SMARTS) is 1. The molecule has 0 aromatic heterocycles. The van der Waals surface area contributed by atoms with Crippen LogP contribution in [0.5, 0.6) is 0 Å². The van der Waals surface area contributed by atoms with Crippen LogP contribution in [0.4, 0.5) is 0 Å². The van der Waals surface area contributed by atoms with Crippen LogP contribution >= 0.6 is 0 Å². The van der Waals surface area contributed by atoms with Crippen molar-refractivity contribution in [3.8, 4) is 0 Å². The Hall–Kier alpha value is 0.546. The summed E-state index contributed by atoms with van der Waals surface area (Å²) >= 11 is 0. The standard InChI is InChI=1S/C22H41NO2.K/c1-5-7-9-11-13-15-17-20(3)23(19-22(24)25)21(4)18-16-14-12-10-8-6-2;/h15-18,20-21H,5-14,19H2,1-4H3,(H,24,25);/q;+1/p-1/b17-15+,18-16+;. The average molecular weight is 390 g/mol. The quantitative estimate of drug-likeness (QED) is 0.230. The minimum absolute atomic E-state index is 0. The van der Waals surface area contributed by atoms with Gasteiger partial charge in [-0.25, -0.2) is 0 Å². The van der Waals surface area contributed by atoms with Crippen LogP contribution in [0.15, 0.2) is 24.3 Å². The molecular formula is C22H40KNO2. The SMILES string of the molecule is CCCCCC/C=C/C(C)N(CC(=O)[O-])C(C)/C=C/CCCCCC.[K+]. The van der Waals surface area contributed by atoms with Gasteiger partial charge in [0.2, 0.25) is 0 Å². The molecule has 3 nitrogen and oxygen atoms in total. The fourth-order valence-electron chi connectivity index (χ4n) is 2.99. The van der Waals surface area contributed by atoms with Gasteiger partial charge < -0.3 is 9.90 Å². The second kappa shape index (κ2) is 20.3. The minimum atomic E-state index is -1.01. The fraction of sp³-hybridized carbons (Fsp3) is 0.773. The molecule has 0 radical (unpaired) electrons. The normalized spacial score (nSPS) is 14.0. The number of carboxylic acids is 1. The second-order valence-electron chi connectivity index (χ2n) is 7.08. The zero-order chi connectivity index (χ0) is 18.9. The number of rotatable bonds is 16. The van der Waals surface area contributed by atoms with E-state index in [4.69, 9.17) is 0 Å². The Kier molecular flexibility index (Phi) is 22.4. The number of nitrogens with zero attached hydrogens (tertiary/aromatic N) is 1. The third-order valence-electron chi connectivity index (χ3n) is 4.64. The van der Waals surface area contributed by atoms with Gasteiger partial charge in [0.05, 0.1) is 5.97 Å². The predicted octanol–water partition coefficient (Wildman–Crippen LogP) is 1.87. The number of hydrogen-bond donors (Lipinski definition) is 0. The molecule has 0 heterocycles. The van der Waals surface area contributed by atoms with Crippen LogP contribution in [0, 0.1) is 0 Å². The molecule has 0 aromatic rings. The molecule has 0 saturated carbocycles. The van der Waals surface area contributed by atoms with E-state index < -0.39 is 5.97 Å². The van der Waals surface area contributed by atoms with E-state index in [1.165, 1.54) is 51.4 Å². The number of hydrogen-bond acceptors (Lipinski definition) is 3. The second-order valence-corrected chi connectivity index (χ2v) is 7.08. The number of aliphatic carboxylic acids is 1. The van der Waals surface area contributed by atoms with E-state index in [0.717, 1.165) is 12.8 Å². The first-order chi connectivity index (χ1) is 12.0. The van der Waals surface area contributed by atoms with Gasteiger partial charge in [0.1, 0.15) is 0 Å². The van der Waals surface area contributed by atoms with E-state index in [1.807, 2.05) is 4.90 Å². The molecule has 4 heteroatoms. The van der Waals surface area contributed by atoms with Gasteiger partial charge in [0, 0.05) is 18.6 Å². The van der Waals surface area contributed by atoms with Crippen LogP contribution in [0.1, 0.15) is 91.9 Å². The average Bonchev–Trinajstić information content (AvgIpc) is 2.58. The maximum atomic E-state index is 11.1. The molecule has 0 aromatic carbocycles. The number of allylic oxidation sites excluding steroid dienone is 2. The van der Waals surface area contributed by atoms with Gasteiger partial charge in [0.15, 0.2) is 0 Å². The molecule has 0 amide bonds. The first-order valence-electron chi connectivity index (χ1n) is 10.3. The van der Waals surface area contributed by atoms with E-state index in [1.54, 1.807) is 0 Å². The van der Waals surface area contributed by atoms with Crippen molar-refractivity contribution in [1.29, 1.82) is 0 Å². The smallest absolute Gasteiger partial charge is 0.549 e. The first kappa shape index (κ1) is 28.8. The summed E-state index contributed by atoms with van der Waals surface area (Å²) in [5.41, 5.74) is 0. The molecule has 0 bridgehead atoms. The van der Waals surface area contributed by atoms with Crippen LogP contribution in [0.25, 0.3) is 0 Å². The van der Waals surface area contributed by atoms with Crippen molar-refractivity contribution in [1.82, 2.24) is 4.90 Å². The van der Waals surface area contributed by atoms with Crippen LogP contribution in [0.3, 0.4) is 0 Å². The van der Waals surface area contributed by atoms with Gasteiger partial charge in [0.25, 0.3) is 0 Å². The largest absolute Gasteiger partial charge is 1.00 e. The van der Waals surface area contributed by atoms with Gasteiger partial charge in [-0.2, -0.15) is 0 Å². The molecule has 26 heavy (non-hydrogen) atoms. The number of carbonyl (C=O) groups is 1. The van der Waals surface area contributed by atoms with E-state index in [0.29, 0.717) is 0 Å². The molecule has 0 spiro atoms. The van der Waals surface area contributed by atoms with Gasteiger partial charge in [-0.15, -0.1) is 0 Å². The zero-order valence-electron chi connectivity index (χ0n) is 18.0. The third kappa shape index (κ3) is 16.7. The molecule has 0 fully saturated rings. The van der Waals surface area contributed by atoms with Gasteiger partial charge >= 0.3 is 51.4 Å². The molecule has 0 saturated heterocycles. The maximum Gasteiger partial charge on any atom is 1.00 e. The molecule has 0 aliphatic heterocycles. The molecule has 146 valence electrons. The maximum absolute atomic E-state index is 11.1. The zero-order valence-corrected chi connectivity index (χ0v) is 21.1. The summed E-state index contributed by atoms with van der Waals surface area (Å²) in [5.74, 6) is -1.01. The molecule has 0 N–H and O–H groups in total. The number of carbonyl (C=O) groups excluding carboxylic acids is 1. The van der Waals surface area contributed by atoms with Crippen LogP contribution in [-0.2, 0) is 4.79 Å². The molecule has 0 aliphatic rings. The summed E-state index contributed by atoms with van der Waals surface area (Å²) in [6.07, 6.45) is 20.9. The molecule has 2 unspecified atom stereocenters. The summed E-state index contributed by atoms with van der Waals surface area (Å²) in [6.45, 7) is 8.54. The molecule has 2 atom stereocenters. The topological polar surface area (TPSA) is 43.4 Å². The third-order valence-corrected chi connectivity index (χ3v) is 4.64. The Labute approximate surface area is 205 Å². The minimum Gasteiger partial charge on any atom is -0.549 e. The summed E-state index contributed by atoms with van der Waals surface area (Å²) < 4.78 is 0. The molecular weight excluding hydrogens is 349 g/mol. The Morgan fingerprint density at radius 3 is 1.62 bits per heavy atom. The van der Waals surface area contributed by atoms with Crippen LogP contribution in [0.2, 0.25) is 0 Å². The molecule has 0 aliphatic carbocycles. The summed E-state index contributed by atoms with van der Waals surface area (Å²) in [5, 5.41) is 11.1. The van der Waals surface area contributed by atoms with E-state index >= 15 is 0 Å². The van der Waals surface area contributed by atoms with Crippen molar-refractivity contribution < 1.29 is 61.3 Å². The predicted molar refractivity (Wildman–Crippen MR) is 106 cm³/mol. The Morgan fingerprint density at radius 2 is 1.27 bits per heavy atom. The van der Waals surface area contributed by atoms with E-state index in [9.17, 15) is 9.90 Å². The summed E-state index contributed by atoms with van der Waals surface area (Å²) in [6, 6.07) is 0.202. The first-order valence-corrected chi connectivity index (χ1v) is 10.3. The van der Waals surface area contributed by atoms with Crippen molar-refractivity contribution in [2.75, 3.05) is 6.54 Å². The van der Waals surface area contributed by atoms with Gasteiger partial charge in [-0.1, -0.05) is 76.7 Å². The van der Waals surface area contributed by atoms with Gasteiger partial charge in [-0.3, -0.25) is 4.90 Å².